The van der Waals surface area contributed by atoms with Gasteiger partial charge in [-0.2, -0.15) is 0 Å². The Morgan fingerprint density at radius 1 is 1.20 bits per heavy atom. The predicted octanol–water partition coefficient (Wildman–Crippen LogP) is 1.95. The van der Waals surface area contributed by atoms with E-state index in [1.54, 1.807) is 0 Å². The average molecular weight is 271 g/mol. The number of aliphatic hydroxyl groups is 1. The maximum Gasteiger partial charge on any atom is 0.296 e. The summed E-state index contributed by atoms with van der Waals surface area (Å²) in [5.41, 5.74) is 0.841. The largest absolute Gasteiger partial charge is 0.396 e. The van der Waals surface area contributed by atoms with E-state index < -0.39 is 0 Å². The van der Waals surface area contributed by atoms with Gasteiger partial charge >= 0.3 is 0 Å². The van der Waals surface area contributed by atoms with Gasteiger partial charge in [0.05, 0.1) is 0 Å². The highest BCUT2D eigenvalue weighted by Crippen LogP contribution is 2.28. The number of nitrogens with one attached hydrogen (secondary N) is 1. The van der Waals surface area contributed by atoms with Crippen LogP contribution in [0.3, 0.4) is 0 Å². The quantitative estimate of drug-likeness (QED) is 0.826. The molecule has 1 saturated carbocycles. The second-order valence-electron chi connectivity index (χ2n) is 5.31. The third kappa shape index (κ3) is 4.40. The van der Waals surface area contributed by atoms with Crippen molar-refractivity contribution in [3.05, 3.63) is 35.9 Å². The molecule has 0 aliphatic heterocycles. The smallest absolute Gasteiger partial charge is 0.296 e. The Kier molecular flexibility index (Phi) is 5.64. The summed E-state index contributed by atoms with van der Waals surface area (Å²) in [4.78, 5) is 11.7. The molecule has 2 N–H and O–H groups in total. The molecule has 20 heavy (non-hydrogen) atoms. The standard InChI is InChI=1S/C17H21NO2/c19-13-16-9-5-4-8-15(16)12-18-17(20)11-10-14-6-2-1-3-7-14/h1-3,6-7,15-16,19H,4-5,8-9,12-13H2,(H,18,20). The van der Waals surface area contributed by atoms with Gasteiger partial charge in [0, 0.05) is 24.6 Å². The topological polar surface area (TPSA) is 49.3 Å². The van der Waals surface area contributed by atoms with Gasteiger partial charge in [-0.1, -0.05) is 37.0 Å². The Morgan fingerprint density at radius 2 is 1.90 bits per heavy atom. The molecule has 0 bridgehead atoms. The number of aliphatic hydroxyl groups excluding tert-OH is 1. The third-order valence-electron chi connectivity index (χ3n) is 3.92. The van der Waals surface area contributed by atoms with Crippen molar-refractivity contribution in [2.24, 2.45) is 11.8 Å². The van der Waals surface area contributed by atoms with Crippen LogP contribution in [0.1, 0.15) is 31.2 Å². The van der Waals surface area contributed by atoms with E-state index in [0.29, 0.717) is 18.4 Å². The van der Waals surface area contributed by atoms with E-state index in [-0.39, 0.29) is 12.5 Å². The molecule has 2 rings (SSSR count). The van der Waals surface area contributed by atoms with E-state index in [4.69, 9.17) is 0 Å². The Hall–Kier alpha value is -1.79. The van der Waals surface area contributed by atoms with Crippen LogP contribution in [-0.4, -0.2) is 24.2 Å². The number of rotatable bonds is 3. The van der Waals surface area contributed by atoms with E-state index >= 15 is 0 Å². The Bertz CT molecular complexity index is 487. The van der Waals surface area contributed by atoms with Gasteiger partial charge in [-0.15, -0.1) is 0 Å². The van der Waals surface area contributed by atoms with Crippen molar-refractivity contribution in [3.8, 4) is 11.8 Å². The van der Waals surface area contributed by atoms with Gasteiger partial charge in [0.1, 0.15) is 0 Å². The molecular formula is C17H21NO2. The molecule has 1 aromatic carbocycles. The summed E-state index contributed by atoms with van der Waals surface area (Å²) in [7, 11) is 0. The van der Waals surface area contributed by atoms with Gasteiger partial charge in [0.15, 0.2) is 0 Å². The molecule has 0 saturated heterocycles. The summed E-state index contributed by atoms with van der Waals surface area (Å²) in [5, 5.41) is 12.2. The van der Waals surface area contributed by atoms with Crippen LogP contribution in [0.2, 0.25) is 0 Å². The molecule has 1 aliphatic carbocycles. The van der Waals surface area contributed by atoms with Gasteiger partial charge in [0.2, 0.25) is 0 Å². The number of amides is 1. The number of hydrogen-bond donors (Lipinski definition) is 2. The van der Waals surface area contributed by atoms with Crippen molar-refractivity contribution in [3.63, 3.8) is 0 Å². The van der Waals surface area contributed by atoms with Crippen molar-refractivity contribution in [1.29, 1.82) is 0 Å². The highest BCUT2D eigenvalue weighted by molar-refractivity contribution is 5.94. The fourth-order valence-electron chi connectivity index (χ4n) is 2.71. The number of benzene rings is 1. The van der Waals surface area contributed by atoms with E-state index in [1.165, 1.54) is 12.8 Å². The molecular weight excluding hydrogens is 250 g/mol. The fourth-order valence-corrected chi connectivity index (χ4v) is 2.71. The number of carbonyl (C=O) groups excluding carboxylic acids is 1. The molecule has 0 aromatic heterocycles. The lowest BCUT2D eigenvalue weighted by atomic mass is 9.79. The normalized spacial score (nSPS) is 21.6. The lowest BCUT2D eigenvalue weighted by molar-refractivity contribution is -0.116. The first kappa shape index (κ1) is 14.6. The van der Waals surface area contributed by atoms with Crippen LogP contribution in [0, 0.1) is 23.7 Å². The van der Waals surface area contributed by atoms with Crippen molar-refractivity contribution >= 4 is 5.91 Å². The monoisotopic (exact) mass is 271 g/mol. The van der Waals surface area contributed by atoms with Gasteiger partial charge in [-0.25, -0.2) is 0 Å². The first-order valence-electron chi connectivity index (χ1n) is 7.25. The second-order valence-corrected chi connectivity index (χ2v) is 5.31. The maximum absolute atomic E-state index is 11.7. The molecule has 3 nitrogen and oxygen atoms in total. The zero-order valence-corrected chi connectivity index (χ0v) is 11.6. The first-order chi connectivity index (χ1) is 9.79. The minimum atomic E-state index is -0.240. The SMILES string of the molecule is O=C(C#Cc1ccccc1)NCC1CCCCC1CO. The molecule has 1 aliphatic rings. The Labute approximate surface area is 120 Å². The summed E-state index contributed by atoms with van der Waals surface area (Å²) in [5.74, 6) is 5.93. The van der Waals surface area contributed by atoms with Crippen molar-refractivity contribution in [2.75, 3.05) is 13.2 Å². The lowest BCUT2D eigenvalue weighted by Crippen LogP contribution is -2.34. The van der Waals surface area contributed by atoms with Crippen molar-refractivity contribution < 1.29 is 9.90 Å². The van der Waals surface area contributed by atoms with Crippen LogP contribution in [0.25, 0.3) is 0 Å². The lowest BCUT2D eigenvalue weighted by Gasteiger charge is -2.29. The summed E-state index contributed by atoms with van der Waals surface area (Å²) in [6.07, 6.45) is 4.51. The third-order valence-corrected chi connectivity index (χ3v) is 3.92. The Morgan fingerprint density at radius 3 is 2.60 bits per heavy atom. The summed E-state index contributed by atoms with van der Waals surface area (Å²) in [6, 6.07) is 9.47. The highest BCUT2D eigenvalue weighted by Gasteiger charge is 2.24. The molecule has 0 radical (unpaired) electrons. The van der Waals surface area contributed by atoms with Crippen LogP contribution < -0.4 is 5.32 Å². The van der Waals surface area contributed by atoms with Crippen LogP contribution in [0.15, 0.2) is 30.3 Å². The van der Waals surface area contributed by atoms with E-state index in [2.05, 4.69) is 17.2 Å². The van der Waals surface area contributed by atoms with Gasteiger partial charge in [-0.05, 0) is 36.8 Å². The van der Waals surface area contributed by atoms with Crippen LogP contribution in [0.5, 0.6) is 0 Å². The highest BCUT2D eigenvalue weighted by atomic mass is 16.3. The van der Waals surface area contributed by atoms with Crippen LogP contribution in [0.4, 0.5) is 0 Å². The van der Waals surface area contributed by atoms with Gasteiger partial charge in [0.25, 0.3) is 5.91 Å². The number of carbonyl (C=O) groups is 1. The fraction of sp³-hybridized carbons (Fsp3) is 0.471. The molecule has 3 heteroatoms. The van der Waals surface area contributed by atoms with Crippen LogP contribution in [-0.2, 0) is 4.79 Å². The predicted molar refractivity (Wildman–Crippen MR) is 78.9 cm³/mol. The van der Waals surface area contributed by atoms with E-state index in [1.807, 2.05) is 30.3 Å². The summed E-state index contributed by atoms with van der Waals surface area (Å²) >= 11 is 0. The minimum absolute atomic E-state index is 0.218. The molecule has 2 unspecified atom stereocenters. The Balaban J connectivity index is 1.82. The second kappa shape index (κ2) is 7.72. The molecule has 106 valence electrons. The molecule has 0 spiro atoms. The van der Waals surface area contributed by atoms with Gasteiger partial charge in [-0.3, -0.25) is 4.79 Å². The van der Waals surface area contributed by atoms with Crippen LogP contribution >= 0.6 is 0 Å². The molecule has 0 heterocycles. The maximum atomic E-state index is 11.7. The van der Waals surface area contributed by atoms with Gasteiger partial charge < -0.3 is 10.4 Å². The molecule has 1 fully saturated rings. The number of hydrogen-bond acceptors (Lipinski definition) is 2. The molecule has 1 aromatic rings. The molecule has 2 atom stereocenters. The van der Waals surface area contributed by atoms with E-state index in [9.17, 15) is 9.90 Å². The molecule has 1 amide bonds. The minimum Gasteiger partial charge on any atom is -0.396 e. The zero-order chi connectivity index (χ0) is 14.2. The van der Waals surface area contributed by atoms with Crippen molar-refractivity contribution in [1.82, 2.24) is 5.32 Å². The van der Waals surface area contributed by atoms with E-state index in [0.717, 1.165) is 18.4 Å². The zero-order valence-electron chi connectivity index (χ0n) is 11.6. The summed E-state index contributed by atoms with van der Waals surface area (Å²) in [6.45, 7) is 0.837. The van der Waals surface area contributed by atoms with Crippen molar-refractivity contribution in [2.45, 2.75) is 25.7 Å². The average Bonchev–Trinajstić information content (AvgIpc) is 2.52. The summed E-state index contributed by atoms with van der Waals surface area (Å²) < 4.78 is 0. The first-order valence-corrected chi connectivity index (χ1v) is 7.25.